The average Bonchev–Trinajstić information content (AvgIpc) is 2.51. The topological polar surface area (TPSA) is 47.6 Å². The number of ether oxygens (including phenoxy) is 2. The van der Waals surface area contributed by atoms with Gasteiger partial charge in [0, 0.05) is 22.2 Å². The van der Waals surface area contributed by atoms with E-state index in [9.17, 15) is 4.79 Å². The maximum atomic E-state index is 11.9. The molecule has 0 aliphatic heterocycles. The zero-order valence-corrected chi connectivity index (χ0v) is 14.2. The lowest BCUT2D eigenvalue weighted by molar-refractivity contribution is -0.116. The second-order valence-electron chi connectivity index (χ2n) is 4.81. The predicted molar refractivity (Wildman–Crippen MR) is 92.8 cm³/mol. The second-order valence-corrected chi connectivity index (χ2v) is 5.68. The first-order chi connectivity index (χ1) is 11.1. The first-order valence-electron chi connectivity index (χ1n) is 7.10. The molecule has 0 aliphatic rings. The number of carbonyl (C=O) groups excluding carboxylic acids is 1. The van der Waals surface area contributed by atoms with Gasteiger partial charge in [-0.3, -0.25) is 4.79 Å². The third-order valence-corrected chi connectivity index (χ3v) is 3.46. The van der Waals surface area contributed by atoms with E-state index in [0.717, 1.165) is 0 Å². The molecule has 0 bridgehead atoms. The SMILES string of the molecule is COc1ccccc1OCCCC(=O)Nc1cc(Cl)cc(Cl)c1. The van der Waals surface area contributed by atoms with E-state index < -0.39 is 0 Å². The molecule has 0 atom stereocenters. The van der Waals surface area contributed by atoms with Gasteiger partial charge in [0.1, 0.15) is 0 Å². The summed E-state index contributed by atoms with van der Waals surface area (Å²) in [4.78, 5) is 11.9. The number of methoxy groups -OCH3 is 1. The molecule has 2 rings (SSSR count). The van der Waals surface area contributed by atoms with Crippen molar-refractivity contribution < 1.29 is 14.3 Å². The fraction of sp³-hybridized carbons (Fsp3) is 0.235. The molecule has 1 amide bonds. The van der Waals surface area contributed by atoms with Crippen LogP contribution in [0.2, 0.25) is 10.0 Å². The molecule has 23 heavy (non-hydrogen) atoms. The van der Waals surface area contributed by atoms with Crippen molar-refractivity contribution in [2.45, 2.75) is 12.8 Å². The van der Waals surface area contributed by atoms with Crippen molar-refractivity contribution in [2.24, 2.45) is 0 Å². The smallest absolute Gasteiger partial charge is 0.224 e. The number of para-hydroxylation sites is 2. The van der Waals surface area contributed by atoms with Gasteiger partial charge in [-0.2, -0.15) is 0 Å². The maximum Gasteiger partial charge on any atom is 0.224 e. The summed E-state index contributed by atoms with van der Waals surface area (Å²) in [6.45, 7) is 0.421. The Morgan fingerprint density at radius 2 is 1.74 bits per heavy atom. The molecule has 2 aromatic rings. The highest BCUT2D eigenvalue weighted by molar-refractivity contribution is 6.35. The molecule has 0 radical (unpaired) electrons. The van der Waals surface area contributed by atoms with Crippen LogP contribution in [-0.4, -0.2) is 19.6 Å². The lowest BCUT2D eigenvalue weighted by Gasteiger charge is -2.10. The van der Waals surface area contributed by atoms with Gasteiger partial charge in [0.2, 0.25) is 5.91 Å². The molecular weight excluding hydrogens is 337 g/mol. The average molecular weight is 354 g/mol. The van der Waals surface area contributed by atoms with Gasteiger partial charge in [-0.1, -0.05) is 35.3 Å². The van der Waals surface area contributed by atoms with Crippen LogP contribution in [0.1, 0.15) is 12.8 Å². The summed E-state index contributed by atoms with van der Waals surface area (Å²) in [6.07, 6.45) is 0.914. The first kappa shape index (κ1) is 17.4. The zero-order chi connectivity index (χ0) is 16.7. The molecule has 0 aromatic heterocycles. The number of anilines is 1. The third kappa shape index (κ3) is 5.66. The summed E-state index contributed by atoms with van der Waals surface area (Å²) in [6, 6.07) is 12.3. The van der Waals surface area contributed by atoms with Crippen LogP contribution < -0.4 is 14.8 Å². The van der Waals surface area contributed by atoms with E-state index in [1.807, 2.05) is 24.3 Å². The van der Waals surface area contributed by atoms with Gasteiger partial charge >= 0.3 is 0 Å². The van der Waals surface area contributed by atoms with Crippen molar-refractivity contribution in [3.63, 3.8) is 0 Å². The van der Waals surface area contributed by atoms with E-state index >= 15 is 0 Å². The number of carbonyl (C=O) groups is 1. The highest BCUT2D eigenvalue weighted by Crippen LogP contribution is 2.26. The van der Waals surface area contributed by atoms with Gasteiger partial charge < -0.3 is 14.8 Å². The Labute approximate surface area is 145 Å². The minimum absolute atomic E-state index is 0.119. The van der Waals surface area contributed by atoms with Crippen LogP contribution in [0.15, 0.2) is 42.5 Å². The van der Waals surface area contributed by atoms with Crippen molar-refractivity contribution in [1.29, 1.82) is 0 Å². The lowest BCUT2D eigenvalue weighted by atomic mass is 10.2. The van der Waals surface area contributed by atoms with E-state index in [4.69, 9.17) is 32.7 Å². The van der Waals surface area contributed by atoms with Crippen LogP contribution in [-0.2, 0) is 4.79 Å². The second kappa shape index (κ2) is 8.65. The van der Waals surface area contributed by atoms with Gasteiger partial charge in [0.15, 0.2) is 11.5 Å². The summed E-state index contributed by atoms with van der Waals surface area (Å²) in [5.74, 6) is 1.22. The van der Waals surface area contributed by atoms with E-state index in [1.54, 1.807) is 25.3 Å². The summed E-state index contributed by atoms with van der Waals surface area (Å²) >= 11 is 11.8. The minimum atomic E-state index is -0.119. The Morgan fingerprint density at radius 3 is 2.39 bits per heavy atom. The van der Waals surface area contributed by atoms with Crippen molar-refractivity contribution >= 4 is 34.8 Å². The molecule has 0 fully saturated rings. The van der Waals surface area contributed by atoms with Gasteiger partial charge in [-0.05, 0) is 36.8 Å². The predicted octanol–water partition coefficient (Wildman–Crippen LogP) is 4.80. The van der Waals surface area contributed by atoms with Gasteiger partial charge in [-0.15, -0.1) is 0 Å². The molecular formula is C17H17Cl2NO3. The summed E-state index contributed by atoms with van der Waals surface area (Å²) < 4.78 is 10.8. The van der Waals surface area contributed by atoms with Crippen LogP contribution in [0.3, 0.4) is 0 Å². The number of nitrogens with one attached hydrogen (secondary N) is 1. The fourth-order valence-electron chi connectivity index (χ4n) is 2.00. The molecule has 1 N–H and O–H groups in total. The largest absolute Gasteiger partial charge is 0.493 e. The van der Waals surface area contributed by atoms with E-state index in [-0.39, 0.29) is 5.91 Å². The summed E-state index contributed by atoms with van der Waals surface area (Å²) in [5, 5.41) is 3.71. The fourth-order valence-corrected chi connectivity index (χ4v) is 2.53. The Bertz CT molecular complexity index is 656. The molecule has 0 saturated carbocycles. The quantitative estimate of drug-likeness (QED) is 0.727. The Kier molecular flexibility index (Phi) is 6.56. The molecule has 122 valence electrons. The Balaban J connectivity index is 1.76. The molecule has 4 nitrogen and oxygen atoms in total. The minimum Gasteiger partial charge on any atom is -0.493 e. The van der Waals surface area contributed by atoms with Crippen molar-refractivity contribution in [1.82, 2.24) is 0 Å². The molecule has 0 aliphatic carbocycles. The lowest BCUT2D eigenvalue weighted by Crippen LogP contribution is -2.12. The highest BCUT2D eigenvalue weighted by Gasteiger charge is 2.06. The molecule has 0 saturated heterocycles. The number of halogens is 2. The van der Waals surface area contributed by atoms with E-state index in [1.165, 1.54) is 0 Å². The van der Waals surface area contributed by atoms with Gasteiger partial charge in [0.25, 0.3) is 0 Å². The van der Waals surface area contributed by atoms with Crippen LogP contribution in [0, 0.1) is 0 Å². The number of hydrogen-bond donors (Lipinski definition) is 1. The molecule has 2 aromatic carbocycles. The van der Waals surface area contributed by atoms with Crippen molar-refractivity contribution in [3.05, 3.63) is 52.5 Å². The molecule has 0 unspecified atom stereocenters. The van der Waals surface area contributed by atoms with Crippen LogP contribution in [0.4, 0.5) is 5.69 Å². The standard InChI is InChI=1S/C17H17Cl2NO3/c1-22-15-5-2-3-6-16(15)23-8-4-7-17(21)20-14-10-12(18)9-13(19)11-14/h2-3,5-6,9-11H,4,7-8H2,1H3,(H,20,21). The maximum absolute atomic E-state index is 11.9. The van der Waals surface area contributed by atoms with Gasteiger partial charge in [-0.25, -0.2) is 0 Å². The first-order valence-corrected chi connectivity index (χ1v) is 7.86. The van der Waals surface area contributed by atoms with Crippen molar-refractivity contribution in [2.75, 3.05) is 19.0 Å². The highest BCUT2D eigenvalue weighted by atomic mass is 35.5. The Hall–Kier alpha value is -1.91. The summed E-state index contributed by atoms with van der Waals surface area (Å²) in [5.41, 5.74) is 0.582. The monoisotopic (exact) mass is 353 g/mol. The normalized spacial score (nSPS) is 10.2. The number of benzene rings is 2. The van der Waals surface area contributed by atoms with E-state index in [0.29, 0.717) is 46.7 Å². The van der Waals surface area contributed by atoms with Crippen LogP contribution in [0.5, 0.6) is 11.5 Å². The van der Waals surface area contributed by atoms with Gasteiger partial charge in [0.05, 0.1) is 13.7 Å². The number of hydrogen-bond acceptors (Lipinski definition) is 3. The molecule has 6 heteroatoms. The molecule has 0 heterocycles. The van der Waals surface area contributed by atoms with Crippen molar-refractivity contribution in [3.8, 4) is 11.5 Å². The number of amides is 1. The summed E-state index contributed by atoms with van der Waals surface area (Å²) in [7, 11) is 1.59. The Morgan fingerprint density at radius 1 is 1.09 bits per heavy atom. The third-order valence-electron chi connectivity index (χ3n) is 3.02. The molecule has 0 spiro atoms. The van der Waals surface area contributed by atoms with Crippen LogP contribution in [0.25, 0.3) is 0 Å². The number of rotatable bonds is 7. The van der Waals surface area contributed by atoms with Crippen LogP contribution >= 0.6 is 23.2 Å². The zero-order valence-electron chi connectivity index (χ0n) is 12.6. The van der Waals surface area contributed by atoms with E-state index in [2.05, 4.69) is 5.32 Å².